The summed E-state index contributed by atoms with van der Waals surface area (Å²) in [7, 11) is 0. The van der Waals surface area contributed by atoms with Crippen LogP contribution in [0.4, 0.5) is 0 Å². The largest absolute Gasteiger partial charge is 0.269 e. The molecule has 0 unspecified atom stereocenters. The Morgan fingerprint density at radius 3 is 2.52 bits per heavy atom. The van der Waals surface area contributed by atoms with Crippen LogP contribution >= 0.6 is 11.6 Å². The van der Waals surface area contributed by atoms with Gasteiger partial charge in [0.25, 0.3) is 11.8 Å². The average molecular weight is 329 g/mol. The molecule has 0 aliphatic heterocycles. The molecule has 0 fully saturated rings. The van der Waals surface area contributed by atoms with Gasteiger partial charge in [0.1, 0.15) is 0 Å². The monoisotopic (exact) mass is 328 g/mol. The first-order valence-electron chi connectivity index (χ1n) is 7.07. The molecule has 23 heavy (non-hydrogen) atoms. The van der Waals surface area contributed by atoms with Gasteiger partial charge in [-0.2, -0.15) is 0 Å². The molecule has 0 aliphatic carbocycles. The molecular formula is C18H17ClN2O2. The van der Waals surface area contributed by atoms with Crippen molar-refractivity contribution in [1.29, 1.82) is 0 Å². The first-order chi connectivity index (χ1) is 11.0. The lowest BCUT2D eigenvalue weighted by Crippen LogP contribution is -2.40. The molecule has 0 heterocycles. The van der Waals surface area contributed by atoms with Gasteiger partial charge < -0.3 is 0 Å². The zero-order chi connectivity index (χ0) is 16.8. The molecule has 0 aromatic heterocycles. The maximum atomic E-state index is 11.9. The van der Waals surface area contributed by atoms with Crippen LogP contribution in [0.3, 0.4) is 0 Å². The van der Waals surface area contributed by atoms with Crippen LogP contribution < -0.4 is 10.9 Å². The van der Waals surface area contributed by atoms with Crippen LogP contribution in [0, 0.1) is 13.8 Å². The van der Waals surface area contributed by atoms with Crippen molar-refractivity contribution in [3.8, 4) is 0 Å². The fourth-order valence-electron chi connectivity index (χ4n) is 2.04. The summed E-state index contributed by atoms with van der Waals surface area (Å²) in [6.07, 6.45) is 3.07. The van der Waals surface area contributed by atoms with Gasteiger partial charge in [-0.05, 0) is 49.2 Å². The first-order valence-corrected chi connectivity index (χ1v) is 7.45. The molecule has 2 rings (SSSR count). The molecule has 2 N–H and O–H groups in total. The minimum atomic E-state index is -0.430. The van der Waals surface area contributed by atoms with Gasteiger partial charge in [0.05, 0.1) is 0 Å². The highest BCUT2D eigenvalue weighted by Gasteiger charge is 2.06. The molecule has 0 saturated heterocycles. The third-order valence-electron chi connectivity index (χ3n) is 3.23. The molecule has 2 aromatic rings. The maximum absolute atomic E-state index is 11.9. The molecule has 2 aromatic carbocycles. The summed E-state index contributed by atoms with van der Waals surface area (Å²) in [6, 6.07) is 12.4. The van der Waals surface area contributed by atoms with Crippen LogP contribution in [0.5, 0.6) is 0 Å². The zero-order valence-electron chi connectivity index (χ0n) is 12.9. The number of aryl methyl sites for hydroxylation is 2. The first kappa shape index (κ1) is 16.8. The summed E-state index contributed by atoms with van der Waals surface area (Å²) >= 11 is 5.82. The van der Waals surface area contributed by atoms with E-state index in [4.69, 9.17) is 11.6 Å². The number of rotatable bonds is 3. The minimum Gasteiger partial charge on any atom is -0.268 e. The highest BCUT2D eigenvalue weighted by Crippen LogP contribution is 2.12. The van der Waals surface area contributed by atoms with Gasteiger partial charge in [-0.1, -0.05) is 41.4 Å². The molecule has 5 heteroatoms. The maximum Gasteiger partial charge on any atom is 0.269 e. The predicted molar refractivity (Wildman–Crippen MR) is 92.0 cm³/mol. The van der Waals surface area contributed by atoms with E-state index in [9.17, 15) is 9.59 Å². The molecule has 0 aliphatic rings. The molecule has 4 nitrogen and oxygen atoms in total. The molecular weight excluding hydrogens is 312 g/mol. The Morgan fingerprint density at radius 2 is 1.83 bits per heavy atom. The summed E-state index contributed by atoms with van der Waals surface area (Å²) in [6.45, 7) is 3.99. The van der Waals surface area contributed by atoms with E-state index in [1.165, 1.54) is 12.1 Å². The van der Waals surface area contributed by atoms with E-state index in [2.05, 4.69) is 10.9 Å². The van der Waals surface area contributed by atoms with Gasteiger partial charge in [0.15, 0.2) is 0 Å². The van der Waals surface area contributed by atoms with E-state index in [1.54, 1.807) is 24.3 Å². The zero-order valence-corrected chi connectivity index (χ0v) is 13.6. The smallest absolute Gasteiger partial charge is 0.268 e. The molecule has 0 bridgehead atoms. The lowest BCUT2D eigenvalue weighted by atomic mass is 10.1. The van der Waals surface area contributed by atoms with Crippen molar-refractivity contribution in [3.05, 3.63) is 75.8 Å². The number of hydrogen-bond acceptors (Lipinski definition) is 2. The van der Waals surface area contributed by atoms with Gasteiger partial charge in [-0.15, -0.1) is 0 Å². The van der Waals surface area contributed by atoms with Crippen molar-refractivity contribution >= 4 is 29.5 Å². The van der Waals surface area contributed by atoms with Crippen LogP contribution in [0.2, 0.25) is 5.02 Å². The number of hydrogen-bond donors (Lipinski definition) is 2. The van der Waals surface area contributed by atoms with E-state index in [-0.39, 0.29) is 0 Å². The van der Waals surface area contributed by atoms with Crippen LogP contribution in [-0.4, -0.2) is 11.8 Å². The number of carbonyl (C=O) groups excluding carboxylic acids is 2. The fraction of sp³-hybridized carbons (Fsp3) is 0.111. The molecule has 0 saturated carbocycles. The Labute approximate surface area is 140 Å². The molecule has 2 amide bonds. The SMILES string of the molecule is Cc1ccc(/C=C/C(=O)NNC(=O)c2cccc(Cl)c2)c(C)c1. The summed E-state index contributed by atoms with van der Waals surface area (Å²) in [5, 5.41) is 0.457. The van der Waals surface area contributed by atoms with E-state index in [0.29, 0.717) is 10.6 Å². The second-order valence-electron chi connectivity index (χ2n) is 5.15. The molecule has 0 spiro atoms. The second-order valence-corrected chi connectivity index (χ2v) is 5.58. The van der Waals surface area contributed by atoms with Gasteiger partial charge in [0.2, 0.25) is 0 Å². The van der Waals surface area contributed by atoms with Crippen molar-refractivity contribution in [2.75, 3.05) is 0 Å². The van der Waals surface area contributed by atoms with Crippen LogP contribution in [0.25, 0.3) is 6.08 Å². The van der Waals surface area contributed by atoms with Crippen molar-refractivity contribution in [1.82, 2.24) is 10.9 Å². The quantitative estimate of drug-likeness (QED) is 0.670. The molecule has 0 radical (unpaired) electrons. The molecule has 118 valence electrons. The topological polar surface area (TPSA) is 58.2 Å². The van der Waals surface area contributed by atoms with E-state index in [0.717, 1.165) is 16.7 Å². The summed E-state index contributed by atoms with van der Waals surface area (Å²) < 4.78 is 0. The predicted octanol–water partition coefficient (Wildman–Crippen LogP) is 3.43. The van der Waals surface area contributed by atoms with Crippen LogP contribution in [0.1, 0.15) is 27.0 Å². The highest BCUT2D eigenvalue weighted by atomic mass is 35.5. The van der Waals surface area contributed by atoms with E-state index >= 15 is 0 Å². The number of halogens is 1. The average Bonchev–Trinajstić information content (AvgIpc) is 2.51. The standard InChI is InChI=1S/C18H17ClN2O2/c1-12-6-7-14(13(2)10-12)8-9-17(22)20-21-18(23)15-4-3-5-16(19)11-15/h3-11H,1-2H3,(H,20,22)(H,21,23)/b9-8+. The number of carbonyl (C=O) groups is 2. The minimum absolute atomic E-state index is 0.371. The second kappa shape index (κ2) is 7.61. The third-order valence-corrected chi connectivity index (χ3v) is 3.46. The van der Waals surface area contributed by atoms with Crippen molar-refractivity contribution < 1.29 is 9.59 Å². The Hall–Kier alpha value is -2.59. The van der Waals surface area contributed by atoms with Crippen LogP contribution in [0.15, 0.2) is 48.5 Å². The fourth-order valence-corrected chi connectivity index (χ4v) is 2.23. The van der Waals surface area contributed by atoms with Gasteiger partial charge in [-0.25, -0.2) is 0 Å². The number of amides is 2. The van der Waals surface area contributed by atoms with Crippen molar-refractivity contribution in [3.63, 3.8) is 0 Å². The van der Waals surface area contributed by atoms with Gasteiger partial charge >= 0.3 is 0 Å². The number of hydrazine groups is 1. The van der Waals surface area contributed by atoms with Crippen molar-refractivity contribution in [2.24, 2.45) is 0 Å². The number of benzene rings is 2. The lowest BCUT2D eigenvalue weighted by molar-refractivity contribution is -0.117. The van der Waals surface area contributed by atoms with E-state index in [1.807, 2.05) is 32.0 Å². The summed E-state index contributed by atoms with van der Waals surface area (Å²) in [5.74, 6) is -0.846. The van der Waals surface area contributed by atoms with Gasteiger partial charge in [-0.3, -0.25) is 20.4 Å². The Balaban J connectivity index is 1.92. The number of nitrogens with one attached hydrogen (secondary N) is 2. The molecule has 0 atom stereocenters. The Morgan fingerprint density at radius 1 is 1.04 bits per heavy atom. The lowest BCUT2D eigenvalue weighted by Gasteiger charge is -2.06. The van der Waals surface area contributed by atoms with Crippen molar-refractivity contribution in [2.45, 2.75) is 13.8 Å². The van der Waals surface area contributed by atoms with Crippen LogP contribution in [-0.2, 0) is 4.79 Å². The third kappa shape index (κ3) is 4.97. The van der Waals surface area contributed by atoms with Gasteiger partial charge in [0, 0.05) is 16.7 Å². The normalized spacial score (nSPS) is 10.6. The summed E-state index contributed by atoms with van der Waals surface area (Å²) in [4.78, 5) is 23.6. The van der Waals surface area contributed by atoms with E-state index < -0.39 is 11.8 Å². The highest BCUT2D eigenvalue weighted by molar-refractivity contribution is 6.30. The Kier molecular flexibility index (Phi) is 5.55. The summed E-state index contributed by atoms with van der Waals surface area (Å²) in [5.41, 5.74) is 8.24. The Bertz CT molecular complexity index is 769.